The Balaban J connectivity index is 1.65. The number of aromatic nitrogens is 2. The third-order valence-electron chi connectivity index (χ3n) is 6.08. The van der Waals surface area contributed by atoms with E-state index in [9.17, 15) is 23.2 Å². The lowest BCUT2D eigenvalue weighted by Crippen LogP contribution is -2.42. The molecule has 0 radical (unpaired) electrons. The molecule has 2 amide bonds. The number of nitrogens with one attached hydrogen (secondary N) is 1. The molecule has 1 unspecified atom stereocenters. The van der Waals surface area contributed by atoms with Gasteiger partial charge < -0.3 is 9.64 Å². The molecule has 0 spiro atoms. The first-order valence-corrected chi connectivity index (χ1v) is 13.0. The summed E-state index contributed by atoms with van der Waals surface area (Å²) in [5.41, 5.74) is 1.98. The summed E-state index contributed by atoms with van der Waals surface area (Å²) in [4.78, 5) is 34.5. The molecule has 1 saturated heterocycles. The van der Waals surface area contributed by atoms with Crippen LogP contribution in [0.2, 0.25) is 5.02 Å². The van der Waals surface area contributed by atoms with Crippen LogP contribution in [0.1, 0.15) is 28.9 Å². The van der Waals surface area contributed by atoms with Gasteiger partial charge in [0.1, 0.15) is 21.9 Å². The summed E-state index contributed by atoms with van der Waals surface area (Å²) >= 11 is 5.90. The number of rotatable bonds is 6. The molecule has 1 atom stereocenters. The Morgan fingerprint density at radius 2 is 1.72 bits per heavy atom. The lowest BCUT2D eigenvalue weighted by Gasteiger charge is -2.32. The maximum absolute atomic E-state index is 13.6. The summed E-state index contributed by atoms with van der Waals surface area (Å²) in [5, 5.41) is 9.74. The summed E-state index contributed by atoms with van der Waals surface area (Å²) in [7, 11) is -3.96. The van der Waals surface area contributed by atoms with Gasteiger partial charge in [-0.25, -0.2) is 18.9 Å². The fourth-order valence-electron chi connectivity index (χ4n) is 4.17. The lowest BCUT2D eigenvalue weighted by atomic mass is 9.90. The third-order valence-corrected chi connectivity index (χ3v) is 8.83. The van der Waals surface area contributed by atoms with E-state index in [1.807, 2.05) is 0 Å². The average molecular weight is 531 g/mol. The van der Waals surface area contributed by atoms with E-state index in [1.165, 1.54) is 29.0 Å². The summed E-state index contributed by atoms with van der Waals surface area (Å²) in [6, 6.07) is 13.1. The number of benzene rings is 2. The van der Waals surface area contributed by atoms with Crippen LogP contribution in [0.5, 0.6) is 11.5 Å². The van der Waals surface area contributed by atoms with Gasteiger partial charge in [-0.15, -0.1) is 0 Å². The topological polar surface area (TPSA) is 139 Å². The third kappa shape index (κ3) is 5.32. The molecular formula is C24H23ClN4O6S. The number of hydrogen-bond donors (Lipinski definition) is 2. The first-order chi connectivity index (χ1) is 17.2. The summed E-state index contributed by atoms with van der Waals surface area (Å²) in [6.45, 7) is -0.0195. The zero-order valence-corrected chi connectivity index (χ0v) is 20.6. The first-order valence-electron chi connectivity index (χ1n) is 11.0. The molecule has 10 nitrogen and oxygen atoms in total. The molecule has 2 heterocycles. The number of carbonyl (C=O) groups is 2. The molecule has 0 saturated carbocycles. The van der Waals surface area contributed by atoms with E-state index in [4.69, 9.17) is 16.3 Å². The summed E-state index contributed by atoms with van der Waals surface area (Å²) in [5.74, 6) is -0.683. The number of hydrogen-bond acceptors (Lipinski definition) is 8. The highest BCUT2D eigenvalue weighted by Gasteiger charge is 2.49. The first kappa shape index (κ1) is 25.5. The Bertz CT molecular complexity index is 1340. The summed E-state index contributed by atoms with van der Waals surface area (Å²) < 4.78 is 31.4. The van der Waals surface area contributed by atoms with Crippen molar-refractivity contribution in [3.63, 3.8) is 0 Å². The minimum Gasteiger partial charge on any atom is -0.457 e. The van der Waals surface area contributed by atoms with Crippen LogP contribution in [0, 0.1) is 0 Å². The van der Waals surface area contributed by atoms with Crippen LogP contribution in [-0.2, 0) is 19.4 Å². The van der Waals surface area contributed by atoms with Crippen molar-refractivity contribution < 1.29 is 28.0 Å². The molecule has 2 aromatic carbocycles. The number of carbonyl (C=O) groups excluding carboxylic acids is 2. The van der Waals surface area contributed by atoms with Crippen molar-refractivity contribution in [2.24, 2.45) is 0 Å². The largest absolute Gasteiger partial charge is 0.457 e. The van der Waals surface area contributed by atoms with Gasteiger partial charge in [-0.2, -0.15) is 0 Å². The highest BCUT2D eigenvalue weighted by Crippen LogP contribution is 2.41. The van der Waals surface area contributed by atoms with E-state index in [2.05, 4.69) is 9.97 Å². The van der Waals surface area contributed by atoms with Crippen LogP contribution < -0.4 is 10.2 Å². The molecule has 3 aromatic rings. The van der Waals surface area contributed by atoms with Gasteiger partial charge in [0, 0.05) is 30.5 Å². The SMILES string of the molecule is O=C(CC1(c2ccc(Oc3ccc(Cl)cc3)cc2)CCN(C(=O)c2cnccn2)CCS1(=O)=O)NO. The highest BCUT2D eigenvalue weighted by molar-refractivity contribution is 7.92. The van der Waals surface area contributed by atoms with Gasteiger partial charge in [-0.1, -0.05) is 23.7 Å². The standard InChI is InChI=1S/C24H23ClN4O6S/c25-18-3-7-20(8-4-18)35-19-5-1-17(2-6-19)24(15-22(30)28-32)9-12-29(13-14-36(24,33)34)23(31)21-16-26-10-11-27-21/h1-8,10-11,16,32H,9,12-15H2,(H,28,30). The molecule has 12 heteroatoms. The molecular weight excluding hydrogens is 508 g/mol. The summed E-state index contributed by atoms with van der Waals surface area (Å²) in [6.07, 6.45) is 3.55. The Morgan fingerprint density at radius 1 is 1.06 bits per heavy atom. The monoisotopic (exact) mass is 530 g/mol. The van der Waals surface area contributed by atoms with Crippen molar-refractivity contribution >= 4 is 33.3 Å². The molecule has 188 valence electrons. The number of nitrogens with zero attached hydrogens (tertiary/aromatic N) is 3. The quantitative estimate of drug-likeness (QED) is 0.366. The second-order valence-corrected chi connectivity index (χ2v) is 11.1. The van der Waals surface area contributed by atoms with Gasteiger partial charge in [0.15, 0.2) is 9.84 Å². The Morgan fingerprint density at radius 3 is 2.33 bits per heavy atom. The van der Waals surface area contributed by atoms with Crippen LogP contribution in [0.15, 0.2) is 67.1 Å². The zero-order chi connectivity index (χ0) is 25.8. The number of hydroxylamine groups is 1. The second kappa shape index (κ2) is 10.6. The fourth-order valence-corrected chi connectivity index (χ4v) is 6.40. The predicted molar refractivity (Wildman–Crippen MR) is 131 cm³/mol. The molecule has 36 heavy (non-hydrogen) atoms. The average Bonchev–Trinajstić information content (AvgIpc) is 3.02. The van der Waals surface area contributed by atoms with E-state index in [0.29, 0.717) is 22.1 Å². The van der Waals surface area contributed by atoms with E-state index in [0.717, 1.165) is 0 Å². The van der Waals surface area contributed by atoms with E-state index < -0.39 is 32.8 Å². The maximum atomic E-state index is 13.6. The Hall–Kier alpha value is -3.54. The zero-order valence-electron chi connectivity index (χ0n) is 19.0. The number of ether oxygens (including phenoxy) is 1. The van der Waals surface area contributed by atoms with Crippen LogP contribution in [0.4, 0.5) is 0 Å². The van der Waals surface area contributed by atoms with Crippen molar-refractivity contribution in [1.82, 2.24) is 20.3 Å². The Kier molecular flexibility index (Phi) is 7.53. The van der Waals surface area contributed by atoms with Crippen LogP contribution in [0.25, 0.3) is 0 Å². The normalized spacial score (nSPS) is 19.2. The van der Waals surface area contributed by atoms with Crippen molar-refractivity contribution in [2.75, 3.05) is 18.8 Å². The molecule has 1 fully saturated rings. The maximum Gasteiger partial charge on any atom is 0.274 e. The van der Waals surface area contributed by atoms with Gasteiger partial charge in [0.2, 0.25) is 5.91 Å². The molecule has 1 aliphatic rings. The molecule has 2 N–H and O–H groups in total. The molecule has 1 aromatic heterocycles. The molecule has 0 bridgehead atoms. The van der Waals surface area contributed by atoms with Crippen molar-refractivity contribution in [3.8, 4) is 11.5 Å². The second-order valence-electron chi connectivity index (χ2n) is 8.24. The smallest absolute Gasteiger partial charge is 0.274 e. The van der Waals surface area contributed by atoms with Crippen molar-refractivity contribution in [1.29, 1.82) is 0 Å². The van der Waals surface area contributed by atoms with Gasteiger partial charge in [-0.3, -0.25) is 19.8 Å². The highest BCUT2D eigenvalue weighted by atomic mass is 35.5. The lowest BCUT2D eigenvalue weighted by molar-refractivity contribution is -0.130. The fraction of sp³-hybridized carbons (Fsp3) is 0.250. The number of halogens is 1. The van der Waals surface area contributed by atoms with E-state index in [-0.39, 0.29) is 31.0 Å². The number of sulfone groups is 1. The van der Waals surface area contributed by atoms with Crippen LogP contribution in [0.3, 0.4) is 0 Å². The minimum absolute atomic E-state index is 0.0520. The van der Waals surface area contributed by atoms with Gasteiger partial charge in [0.05, 0.1) is 18.4 Å². The van der Waals surface area contributed by atoms with Crippen molar-refractivity contribution in [2.45, 2.75) is 17.6 Å². The Labute approximate surface area is 212 Å². The van der Waals surface area contributed by atoms with Gasteiger partial charge >= 0.3 is 0 Å². The van der Waals surface area contributed by atoms with Gasteiger partial charge in [0.25, 0.3) is 5.91 Å². The minimum atomic E-state index is -3.96. The van der Waals surface area contributed by atoms with Crippen LogP contribution in [-0.4, -0.2) is 59.1 Å². The molecule has 0 aliphatic carbocycles. The van der Waals surface area contributed by atoms with Crippen molar-refractivity contribution in [3.05, 3.63) is 83.4 Å². The predicted octanol–water partition coefficient (Wildman–Crippen LogP) is 2.97. The van der Waals surface area contributed by atoms with E-state index in [1.54, 1.807) is 48.5 Å². The molecule has 1 aliphatic heterocycles. The van der Waals surface area contributed by atoms with Gasteiger partial charge in [-0.05, 0) is 48.4 Å². The van der Waals surface area contributed by atoms with Crippen LogP contribution >= 0.6 is 11.6 Å². The number of amides is 2. The molecule has 4 rings (SSSR count). The van der Waals surface area contributed by atoms with E-state index >= 15 is 0 Å².